The molecule has 0 spiro atoms. The summed E-state index contributed by atoms with van der Waals surface area (Å²) in [7, 11) is -2.08. The van der Waals surface area contributed by atoms with E-state index in [4.69, 9.17) is 16.3 Å². The number of ether oxygens (including phenoxy) is 1. The Bertz CT molecular complexity index is 1110. The van der Waals surface area contributed by atoms with Crippen LogP contribution in [0, 0.1) is 0 Å². The summed E-state index contributed by atoms with van der Waals surface area (Å²) in [5.74, 6) is 0.0228. The fraction of sp³-hybridized carbons (Fsp3) is 0.440. The number of hydrogen-bond donors (Lipinski definition) is 1. The molecule has 2 amide bonds. The molecule has 2 aromatic carbocycles. The van der Waals surface area contributed by atoms with Crippen molar-refractivity contribution in [2.24, 2.45) is 0 Å². The zero-order valence-corrected chi connectivity index (χ0v) is 22.2. The zero-order chi connectivity index (χ0) is 26.0. The summed E-state index contributed by atoms with van der Waals surface area (Å²) in [6.45, 7) is 4.42. The molecule has 0 fully saturated rings. The van der Waals surface area contributed by atoms with Crippen LogP contribution in [0.15, 0.2) is 48.5 Å². The standard InChI is InChI=1S/C25H34ClN3O5S/c1-5-15-27-25(31)19(2)28(18-20-10-6-7-13-23(20)26)24(30)14-9-16-29(35(4,32)33)21-11-8-12-22(17-21)34-3/h6-8,10-13,17,19H,5,9,14-16,18H2,1-4H3,(H,27,31)/t19-/m1/s1. The molecule has 1 atom stereocenters. The third kappa shape index (κ3) is 8.43. The molecule has 0 aliphatic rings. The van der Waals surface area contributed by atoms with Gasteiger partial charge in [0.15, 0.2) is 0 Å². The van der Waals surface area contributed by atoms with E-state index in [1.807, 2.05) is 19.1 Å². The Morgan fingerprint density at radius 1 is 1.14 bits per heavy atom. The molecular weight excluding hydrogens is 490 g/mol. The highest BCUT2D eigenvalue weighted by atomic mass is 35.5. The molecule has 2 aromatic rings. The largest absolute Gasteiger partial charge is 0.497 e. The van der Waals surface area contributed by atoms with Gasteiger partial charge in [0, 0.05) is 37.1 Å². The predicted octanol–water partition coefficient (Wildman–Crippen LogP) is 3.84. The van der Waals surface area contributed by atoms with Crippen molar-refractivity contribution in [3.05, 3.63) is 59.1 Å². The Labute approximate surface area is 213 Å². The number of rotatable bonds is 13. The number of halogens is 1. The van der Waals surface area contributed by atoms with Gasteiger partial charge in [-0.2, -0.15) is 0 Å². The van der Waals surface area contributed by atoms with Crippen LogP contribution in [-0.2, 0) is 26.2 Å². The Kier molecular flexibility index (Phi) is 10.9. The first-order valence-corrected chi connectivity index (χ1v) is 13.7. The molecule has 2 rings (SSSR count). The van der Waals surface area contributed by atoms with Crippen LogP contribution in [-0.4, -0.2) is 57.6 Å². The fourth-order valence-corrected chi connectivity index (χ4v) is 4.71. The number of sulfonamides is 1. The van der Waals surface area contributed by atoms with E-state index >= 15 is 0 Å². The van der Waals surface area contributed by atoms with E-state index in [0.29, 0.717) is 23.0 Å². The minimum absolute atomic E-state index is 0.0613. The third-order valence-electron chi connectivity index (χ3n) is 5.51. The Balaban J connectivity index is 2.17. The number of carbonyl (C=O) groups is 2. The van der Waals surface area contributed by atoms with Crippen LogP contribution in [0.2, 0.25) is 5.02 Å². The summed E-state index contributed by atoms with van der Waals surface area (Å²) in [6.07, 6.45) is 2.23. The van der Waals surface area contributed by atoms with Crippen molar-refractivity contribution in [3.63, 3.8) is 0 Å². The van der Waals surface area contributed by atoms with Crippen LogP contribution in [0.4, 0.5) is 5.69 Å². The number of benzene rings is 2. The van der Waals surface area contributed by atoms with E-state index in [-0.39, 0.29) is 37.7 Å². The Morgan fingerprint density at radius 3 is 2.49 bits per heavy atom. The van der Waals surface area contributed by atoms with Crippen molar-refractivity contribution in [3.8, 4) is 5.75 Å². The lowest BCUT2D eigenvalue weighted by molar-refractivity contribution is -0.140. The molecule has 0 aliphatic carbocycles. The number of anilines is 1. The van der Waals surface area contributed by atoms with Gasteiger partial charge in [-0.25, -0.2) is 8.42 Å². The smallest absolute Gasteiger partial charge is 0.242 e. The second-order valence-electron chi connectivity index (χ2n) is 8.22. The normalized spacial score (nSPS) is 12.0. The molecular formula is C25H34ClN3O5S. The van der Waals surface area contributed by atoms with Gasteiger partial charge in [-0.05, 0) is 43.5 Å². The minimum atomic E-state index is -3.58. The van der Waals surface area contributed by atoms with Crippen molar-refractivity contribution in [2.75, 3.05) is 30.8 Å². The zero-order valence-electron chi connectivity index (χ0n) is 20.7. The number of methoxy groups -OCH3 is 1. The summed E-state index contributed by atoms with van der Waals surface area (Å²) in [4.78, 5) is 27.4. The minimum Gasteiger partial charge on any atom is -0.497 e. The molecule has 8 nitrogen and oxygen atoms in total. The van der Waals surface area contributed by atoms with Gasteiger partial charge in [0.1, 0.15) is 11.8 Å². The topological polar surface area (TPSA) is 96.0 Å². The van der Waals surface area contributed by atoms with Gasteiger partial charge in [-0.3, -0.25) is 13.9 Å². The maximum atomic E-state index is 13.3. The number of amides is 2. The highest BCUT2D eigenvalue weighted by molar-refractivity contribution is 7.92. The Hall–Kier alpha value is -2.78. The third-order valence-corrected chi connectivity index (χ3v) is 7.07. The molecule has 0 heterocycles. The van der Waals surface area contributed by atoms with Crippen LogP contribution >= 0.6 is 11.6 Å². The second kappa shape index (κ2) is 13.3. The van der Waals surface area contributed by atoms with Crippen LogP contribution in [0.25, 0.3) is 0 Å². The molecule has 1 N–H and O–H groups in total. The summed E-state index contributed by atoms with van der Waals surface area (Å²) < 4.78 is 31.3. The molecule has 35 heavy (non-hydrogen) atoms. The van der Waals surface area contributed by atoms with Crippen molar-refractivity contribution < 1.29 is 22.7 Å². The van der Waals surface area contributed by atoms with E-state index in [0.717, 1.165) is 18.2 Å². The maximum Gasteiger partial charge on any atom is 0.242 e. The molecule has 0 aliphatic heterocycles. The number of nitrogens with one attached hydrogen (secondary N) is 1. The number of hydrogen-bond acceptors (Lipinski definition) is 5. The SMILES string of the molecule is CCCNC(=O)[C@@H](C)N(Cc1ccccc1Cl)C(=O)CCCN(c1cccc(OC)c1)S(C)(=O)=O. The quantitative estimate of drug-likeness (QED) is 0.430. The van der Waals surface area contributed by atoms with Gasteiger partial charge in [0.2, 0.25) is 21.8 Å². The maximum absolute atomic E-state index is 13.3. The molecule has 0 aromatic heterocycles. The molecule has 192 valence electrons. The van der Waals surface area contributed by atoms with Gasteiger partial charge in [-0.1, -0.05) is 42.8 Å². The van der Waals surface area contributed by atoms with E-state index in [9.17, 15) is 18.0 Å². The summed E-state index contributed by atoms with van der Waals surface area (Å²) >= 11 is 6.31. The molecule has 0 saturated heterocycles. The molecule has 0 unspecified atom stereocenters. The van der Waals surface area contributed by atoms with E-state index in [1.54, 1.807) is 43.3 Å². The first kappa shape index (κ1) is 28.5. The molecule has 0 bridgehead atoms. The summed E-state index contributed by atoms with van der Waals surface area (Å²) in [5.41, 5.74) is 1.19. The average Bonchev–Trinajstić information content (AvgIpc) is 2.83. The van der Waals surface area contributed by atoms with Gasteiger partial charge in [0.25, 0.3) is 0 Å². The number of carbonyl (C=O) groups excluding carboxylic acids is 2. The van der Waals surface area contributed by atoms with E-state index in [1.165, 1.54) is 16.3 Å². The summed E-state index contributed by atoms with van der Waals surface area (Å²) in [5, 5.41) is 3.34. The van der Waals surface area contributed by atoms with Crippen LogP contribution < -0.4 is 14.4 Å². The lowest BCUT2D eigenvalue weighted by Crippen LogP contribution is -2.47. The van der Waals surface area contributed by atoms with Crippen LogP contribution in [0.1, 0.15) is 38.7 Å². The van der Waals surface area contributed by atoms with Gasteiger partial charge in [-0.15, -0.1) is 0 Å². The van der Waals surface area contributed by atoms with Crippen molar-refractivity contribution >= 4 is 39.1 Å². The van der Waals surface area contributed by atoms with Crippen LogP contribution in [0.3, 0.4) is 0 Å². The summed E-state index contributed by atoms with van der Waals surface area (Å²) in [6, 6.07) is 13.2. The second-order valence-corrected chi connectivity index (χ2v) is 10.5. The van der Waals surface area contributed by atoms with Gasteiger partial charge in [0.05, 0.1) is 19.1 Å². The highest BCUT2D eigenvalue weighted by Crippen LogP contribution is 2.24. The van der Waals surface area contributed by atoms with Crippen molar-refractivity contribution in [1.82, 2.24) is 10.2 Å². The van der Waals surface area contributed by atoms with Crippen molar-refractivity contribution in [2.45, 2.75) is 45.7 Å². The predicted molar refractivity (Wildman–Crippen MR) is 139 cm³/mol. The molecule has 10 heteroatoms. The fourth-order valence-electron chi connectivity index (χ4n) is 3.56. The van der Waals surface area contributed by atoms with Gasteiger partial charge >= 0.3 is 0 Å². The molecule has 0 saturated carbocycles. The van der Waals surface area contributed by atoms with E-state index < -0.39 is 16.1 Å². The van der Waals surface area contributed by atoms with Crippen molar-refractivity contribution in [1.29, 1.82) is 0 Å². The monoisotopic (exact) mass is 523 g/mol. The molecule has 0 radical (unpaired) electrons. The van der Waals surface area contributed by atoms with Gasteiger partial charge < -0.3 is 15.0 Å². The first-order chi connectivity index (χ1) is 16.6. The highest BCUT2D eigenvalue weighted by Gasteiger charge is 2.27. The average molecular weight is 524 g/mol. The first-order valence-electron chi connectivity index (χ1n) is 11.5. The lowest BCUT2D eigenvalue weighted by atomic mass is 10.1. The Morgan fingerprint density at radius 2 is 1.86 bits per heavy atom. The van der Waals surface area contributed by atoms with Crippen LogP contribution in [0.5, 0.6) is 5.75 Å². The number of nitrogens with zero attached hydrogens (tertiary/aromatic N) is 2. The van der Waals surface area contributed by atoms with E-state index in [2.05, 4.69) is 5.32 Å². The lowest BCUT2D eigenvalue weighted by Gasteiger charge is -2.29.